The normalized spacial score (nSPS) is 27.8. The van der Waals surface area contributed by atoms with Crippen molar-refractivity contribution in [2.45, 2.75) is 24.5 Å². The molecule has 0 saturated carbocycles. The molecule has 11 nitrogen and oxygen atoms in total. The van der Waals surface area contributed by atoms with Crippen LogP contribution in [-0.4, -0.2) is 74.5 Å². The number of hydrogen-bond donors (Lipinski definition) is 3. The van der Waals surface area contributed by atoms with E-state index in [1.165, 1.54) is 29.9 Å². The molecule has 1 fully saturated rings. The molecule has 0 unspecified atom stereocenters. The summed E-state index contributed by atoms with van der Waals surface area (Å²) < 4.78 is 8.58. The molecule has 1 aliphatic heterocycles. The van der Waals surface area contributed by atoms with Gasteiger partial charge in [0.2, 0.25) is 0 Å². The Hall–Kier alpha value is -2.47. The van der Waals surface area contributed by atoms with Crippen molar-refractivity contribution in [3.05, 3.63) is 25.3 Å². The molecule has 11 heteroatoms. The molecule has 4 atom stereocenters. The lowest BCUT2D eigenvalue weighted by Gasteiger charge is -2.16. The summed E-state index contributed by atoms with van der Waals surface area (Å²) in [5, 5.41) is 36.7. The zero-order chi connectivity index (χ0) is 16.0. The van der Waals surface area contributed by atoms with Crippen LogP contribution in [0.4, 0.5) is 0 Å². The third kappa shape index (κ3) is 2.09. The number of hydrogen-bond acceptors (Lipinski definition) is 9. The van der Waals surface area contributed by atoms with Crippen LogP contribution in [0.25, 0.3) is 17.0 Å². The SMILES string of the molecule is OC[C@H]1O[C@@H](n2cnc3c(-n4cnnc4)ncnc32)[C@H](O)[C@@H]1O. The van der Waals surface area contributed by atoms with Crippen molar-refractivity contribution in [1.82, 2.24) is 34.3 Å². The molecular weight excluding hydrogens is 306 g/mol. The summed E-state index contributed by atoms with van der Waals surface area (Å²) in [6.07, 6.45) is 1.56. The molecule has 23 heavy (non-hydrogen) atoms. The second-order valence-electron chi connectivity index (χ2n) is 5.12. The fourth-order valence-corrected chi connectivity index (χ4v) is 2.63. The number of rotatable bonds is 3. The predicted octanol–water partition coefficient (Wildman–Crippen LogP) is -1.98. The Bertz CT molecular complexity index is 820. The van der Waals surface area contributed by atoms with Crippen molar-refractivity contribution in [3.8, 4) is 5.82 Å². The monoisotopic (exact) mass is 319 g/mol. The van der Waals surface area contributed by atoms with Crippen LogP contribution in [0, 0.1) is 0 Å². The van der Waals surface area contributed by atoms with Gasteiger partial charge in [-0.2, -0.15) is 0 Å². The lowest BCUT2D eigenvalue weighted by atomic mass is 10.1. The van der Waals surface area contributed by atoms with Gasteiger partial charge in [0.15, 0.2) is 23.2 Å². The third-order valence-corrected chi connectivity index (χ3v) is 3.79. The Morgan fingerprint density at radius 1 is 1.04 bits per heavy atom. The Morgan fingerprint density at radius 2 is 1.83 bits per heavy atom. The van der Waals surface area contributed by atoms with E-state index in [4.69, 9.17) is 4.74 Å². The van der Waals surface area contributed by atoms with E-state index >= 15 is 0 Å². The Balaban J connectivity index is 1.80. The fraction of sp³-hybridized carbons (Fsp3) is 0.417. The van der Waals surface area contributed by atoms with Gasteiger partial charge in [0, 0.05) is 0 Å². The lowest BCUT2D eigenvalue weighted by Crippen LogP contribution is -2.33. The number of nitrogens with zero attached hydrogens (tertiary/aromatic N) is 7. The Labute approximate surface area is 128 Å². The van der Waals surface area contributed by atoms with Gasteiger partial charge in [0.05, 0.1) is 12.9 Å². The quantitative estimate of drug-likeness (QED) is 0.500. The average Bonchev–Trinajstić information content (AvgIpc) is 3.28. The van der Waals surface area contributed by atoms with E-state index in [1.54, 1.807) is 4.57 Å². The number of aliphatic hydroxyl groups is 3. The molecule has 0 amide bonds. The number of imidazole rings is 1. The molecule has 1 aliphatic rings. The van der Waals surface area contributed by atoms with Crippen LogP contribution in [-0.2, 0) is 4.74 Å². The van der Waals surface area contributed by atoms with E-state index in [-0.39, 0.29) is 0 Å². The highest BCUT2D eigenvalue weighted by molar-refractivity contribution is 5.78. The Morgan fingerprint density at radius 3 is 2.52 bits per heavy atom. The first kappa shape index (κ1) is 14.1. The van der Waals surface area contributed by atoms with Gasteiger partial charge in [0.1, 0.15) is 37.3 Å². The van der Waals surface area contributed by atoms with Crippen LogP contribution in [0.2, 0.25) is 0 Å². The number of aromatic nitrogens is 7. The van der Waals surface area contributed by atoms with E-state index < -0.39 is 31.1 Å². The van der Waals surface area contributed by atoms with Crippen molar-refractivity contribution in [3.63, 3.8) is 0 Å². The standard InChI is InChI=1S/C12H13N7O4/c20-1-6-8(21)9(22)12(23-6)19-3-15-7-10(13-2-14-11(7)19)18-4-16-17-5-18/h2-6,8-9,12,20-22H,1H2/t6-,8-,9-,12-/m1/s1. The summed E-state index contributed by atoms with van der Waals surface area (Å²) in [6.45, 7) is -0.400. The molecular formula is C12H13N7O4. The minimum atomic E-state index is -1.21. The smallest absolute Gasteiger partial charge is 0.170 e. The third-order valence-electron chi connectivity index (χ3n) is 3.79. The minimum Gasteiger partial charge on any atom is -0.394 e. The van der Waals surface area contributed by atoms with Gasteiger partial charge >= 0.3 is 0 Å². The number of fused-ring (bicyclic) bond motifs is 1. The predicted molar refractivity (Wildman–Crippen MR) is 73.2 cm³/mol. The molecule has 4 heterocycles. The summed E-state index contributed by atoms with van der Waals surface area (Å²) in [5.74, 6) is 0.477. The van der Waals surface area contributed by atoms with Crippen LogP contribution in [0.15, 0.2) is 25.3 Å². The van der Waals surface area contributed by atoms with E-state index in [0.717, 1.165) is 0 Å². The molecule has 1 saturated heterocycles. The first-order valence-electron chi connectivity index (χ1n) is 6.85. The van der Waals surface area contributed by atoms with Gasteiger partial charge in [-0.05, 0) is 0 Å². The van der Waals surface area contributed by atoms with E-state index in [1.807, 2.05) is 0 Å². The zero-order valence-electron chi connectivity index (χ0n) is 11.7. The summed E-state index contributed by atoms with van der Waals surface area (Å²) >= 11 is 0. The highest BCUT2D eigenvalue weighted by Crippen LogP contribution is 2.31. The average molecular weight is 319 g/mol. The van der Waals surface area contributed by atoms with Crippen LogP contribution >= 0.6 is 0 Å². The molecule has 4 rings (SSSR count). The van der Waals surface area contributed by atoms with Crippen molar-refractivity contribution < 1.29 is 20.1 Å². The molecule has 0 aromatic carbocycles. The first-order valence-corrected chi connectivity index (χ1v) is 6.85. The zero-order valence-corrected chi connectivity index (χ0v) is 11.7. The second-order valence-corrected chi connectivity index (χ2v) is 5.12. The lowest BCUT2D eigenvalue weighted by molar-refractivity contribution is -0.0511. The summed E-state index contributed by atoms with van der Waals surface area (Å²) in [4.78, 5) is 12.6. The molecule has 0 radical (unpaired) electrons. The van der Waals surface area contributed by atoms with Gasteiger partial charge in [-0.15, -0.1) is 10.2 Å². The van der Waals surface area contributed by atoms with Crippen LogP contribution in [0.3, 0.4) is 0 Å². The Kier molecular flexibility index (Phi) is 3.27. The number of aliphatic hydroxyl groups excluding tert-OH is 3. The molecule has 120 valence electrons. The van der Waals surface area contributed by atoms with Gasteiger partial charge in [-0.3, -0.25) is 9.13 Å². The number of ether oxygens (including phenoxy) is 1. The van der Waals surface area contributed by atoms with Crippen LogP contribution in [0.5, 0.6) is 0 Å². The van der Waals surface area contributed by atoms with Crippen molar-refractivity contribution in [2.75, 3.05) is 6.61 Å². The van der Waals surface area contributed by atoms with Gasteiger partial charge in [-0.1, -0.05) is 0 Å². The molecule has 0 aliphatic carbocycles. The maximum absolute atomic E-state index is 10.1. The molecule has 0 bridgehead atoms. The molecule has 3 aromatic rings. The van der Waals surface area contributed by atoms with Crippen molar-refractivity contribution in [2.24, 2.45) is 0 Å². The molecule has 3 N–H and O–H groups in total. The highest BCUT2D eigenvalue weighted by atomic mass is 16.6. The molecule has 3 aromatic heterocycles. The van der Waals surface area contributed by atoms with E-state index in [0.29, 0.717) is 17.0 Å². The second kappa shape index (κ2) is 5.31. The molecule has 0 spiro atoms. The van der Waals surface area contributed by atoms with E-state index in [2.05, 4.69) is 25.1 Å². The maximum atomic E-state index is 10.1. The highest BCUT2D eigenvalue weighted by Gasteiger charge is 2.44. The largest absolute Gasteiger partial charge is 0.394 e. The summed E-state index contributed by atoms with van der Waals surface area (Å²) in [5.41, 5.74) is 0.878. The van der Waals surface area contributed by atoms with Crippen LogP contribution < -0.4 is 0 Å². The van der Waals surface area contributed by atoms with Crippen LogP contribution in [0.1, 0.15) is 6.23 Å². The summed E-state index contributed by atoms with van der Waals surface area (Å²) in [7, 11) is 0. The van der Waals surface area contributed by atoms with Gasteiger partial charge in [-0.25, -0.2) is 15.0 Å². The fourth-order valence-electron chi connectivity index (χ4n) is 2.63. The topological polar surface area (TPSA) is 144 Å². The van der Waals surface area contributed by atoms with Crippen molar-refractivity contribution in [1.29, 1.82) is 0 Å². The van der Waals surface area contributed by atoms with Gasteiger partial charge in [0.25, 0.3) is 0 Å². The van der Waals surface area contributed by atoms with E-state index in [9.17, 15) is 15.3 Å². The van der Waals surface area contributed by atoms with Gasteiger partial charge < -0.3 is 20.1 Å². The first-order chi connectivity index (χ1) is 11.2. The minimum absolute atomic E-state index is 0.400. The summed E-state index contributed by atoms with van der Waals surface area (Å²) in [6, 6.07) is 0. The van der Waals surface area contributed by atoms with Crippen molar-refractivity contribution >= 4 is 11.2 Å². The maximum Gasteiger partial charge on any atom is 0.170 e.